The molecule has 1 aliphatic rings. The maximum absolute atomic E-state index is 11.5. The highest BCUT2D eigenvalue weighted by atomic mass is 16.6. The second kappa shape index (κ2) is 4.90. The largest absolute Gasteiger partial charge is 0.448 e. The lowest BCUT2D eigenvalue weighted by atomic mass is 9.99. The fraction of sp³-hybridized carbons (Fsp3) is 0.267. The van der Waals surface area contributed by atoms with E-state index in [4.69, 9.17) is 10.5 Å². The van der Waals surface area contributed by atoms with E-state index < -0.39 is 0 Å². The minimum Gasteiger partial charge on any atom is -0.448 e. The second-order valence-corrected chi connectivity index (χ2v) is 4.74. The summed E-state index contributed by atoms with van der Waals surface area (Å²) < 4.78 is 4.92. The van der Waals surface area contributed by atoms with Gasteiger partial charge in [0.1, 0.15) is 6.61 Å². The summed E-state index contributed by atoms with van der Waals surface area (Å²) in [6.07, 6.45) is -0.268. The molecule has 4 nitrogen and oxygen atoms in total. The van der Waals surface area contributed by atoms with Gasteiger partial charge in [0.15, 0.2) is 0 Å². The highest BCUT2D eigenvalue weighted by Gasteiger charge is 2.24. The number of hydrogen-bond donors (Lipinski definition) is 1. The van der Waals surface area contributed by atoms with Crippen molar-refractivity contribution in [3.05, 3.63) is 48.0 Å². The number of amides is 1. The van der Waals surface area contributed by atoms with Gasteiger partial charge in [0.05, 0.1) is 6.54 Å². The minimum absolute atomic E-state index is 0.197. The zero-order valence-corrected chi connectivity index (χ0v) is 10.6. The molecule has 1 unspecified atom stereocenters. The number of cyclic esters (lactones) is 1. The first kappa shape index (κ1) is 12.0. The van der Waals surface area contributed by atoms with Crippen LogP contribution in [0.25, 0.3) is 10.8 Å². The molecule has 1 saturated heterocycles. The number of rotatable bonds is 3. The van der Waals surface area contributed by atoms with E-state index in [2.05, 4.69) is 18.2 Å². The summed E-state index contributed by atoms with van der Waals surface area (Å²) in [6, 6.07) is 14.0. The fourth-order valence-corrected chi connectivity index (χ4v) is 2.50. The average Bonchev–Trinajstić information content (AvgIpc) is 2.83. The molecule has 19 heavy (non-hydrogen) atoms. The maximum Gasteiger partial charge on any atom is 0.410 e. The minimum atomic E-state index is -0.268. The van der Waals surface area contributed by atoms with Gasteiger partial charge in [-0.1, -0.05) is 42.5 Å². The predicted molar refractivity (Wildman–Crippen MR) is 73.8 cm³/mol. The molecular formula is C15H16N2O2. The van der Waals surface area contributed by atoms with E-state index in [1.165, 1.54) is 5.39 Å². The number of benzene rings is 2. The van der Waals surface area contributed by atoms with Crippen LogP contribution < -0.4 is 5.73 Å². The Morgan fingerprint density at radius 1 is 1.21 bits per heavy atom. The van der Waals surface area contributed by atoms with Crippen molar-refractivity contribution in [3.63, 3.8) is 0 Å². The summed E-state index contributed by atoms with van der Waals surface area (Å²) in [4.78, 5) is 13.1. The average molecular weight is 256 g/mol. The Hall–Kier alpha value is -2.07. The first-order chi connectivity index (χ1) is 9.25. The van der Waals surface area contributed by atoms with Crippen LogP contribution in [-0.2, 0) is 4.74 Å². The molecule has 1 heterocycles. The summed E-state index contributed by atoms with van der Waals surface area (Å²) >= 11 is 0. The topological polar surface area (TPSA) is 55.6 Å². The smallest absolute Gasteiger partial charge is 0.410 e. The van der Waals surface area contributed by atoms with Crippen LogP contribution in [0.3, 0.4) is 0 Å². The summed E-state index contributed by atoms with van der Waals surface area (Å²) in [6.45, 7) is 1.57. The molecule has 0 aromatic heterocycles. The monoisotopic (exact) mass is 256 g/mol. The molecule has 3 rings (SSSR count). The zero-order valence-electron chi connectivity index (χ0n) is 10.6. The molecule has 0 radical (unpaired) electrons. The standard InChI is InChI=1S/C15H16N2O2/c16-14(10-17-8-9-19-15(17)18)13-7-3-5-11-4-1-2-6-12(11)13/h1-7,14H,8-10,16H2. The zero-order chi connectivity index (χ0) is 13.2. The predicted octanol–water partition coefficient (Wildman–Crippen LogP) is 2.29. The Morgan fingerprint density at radius 2 is 2.00 bits per heavy atom. The highest BCUT2D eigenvalue weighted by molar-refractivity contribution is 5.86. The van der Waals surface area contributed by atoms with Crippen LogP contribution in [0.15, 0.2) is 42.5 Å². The van der Waals surface area contributed by atoms with E-state index in [0.717, 1.165) is 10.9 Å². The van der Waals surface area contributed by atoms with E-state index in [1.807, 2.05) is 24.3 Å². The molecule has 2 aromatic rings. The van der Waals surface area contributed by atoms with Gasteiger partial charge in [-0.2, -0.15) is 0 Å². The Morgan fingerprint density at radius 3 is 2.79 bits per heavy atom. The van der Waals surface area contributed by atoms with Crippen LogP contribution in [0.1, 0.15) is 11.6 Å². The molecule has 0 aliphatic carbocycles. The first-order valence-corrected chi connectivity index (χ1v) is 6.40. The molecule has 1 aliphatic heterocycles. The van der Waals surface area contributed by atoms with Crippen LogP contribution in [-0.4, -0.2) is 30.7 Å². The van der Waals surface area contributed by atoms with Gasteiger partial charge in [0.2, 0.25) is 0 Å². The summed E-state index contributed by atoms with van der Waals surface area (Å²) in [5, 5.41) is 2.31. The van der Waals surface area contributed by atoms with Crippen LogP contribution >= 0.6 is 0 Å². The number of carbonyl (C=O) groups is 1. The molecule has 1 atom stereocenters. The Balaban J connectivity index is 1.89. The summed E-state index contributed by atoms with van der Waals surface area (Å²) in [5.41, 5.74) is 7.32. The molecule has 0 bridgehead atoms. The normalized spacial score (nSPS) is 16.7. The van der Waals surface area contributed by atoms with E-state index in [9.17, 15) is 4.79 Å². The van der Waals surface area contributed by atoms with Crippen LogP contribution in [0, 0.1) is 0 Å². The molecule has 98 valence electrons. The molecule has 2 aromatic carbocycles. The van der Waals surface area contributed by atoms with Crippen molar-refractivity contribution in [3.8, 4) is 0 Å². The van der Waals surface area contributed by atoms with Gasteiger partial charge in [-0.3, -0.25) is 0 Å². The highest BCUT2D eigenvalue weighted by Crippen LogP contribution is 2.24. The molecular weight excluding hydrogens is 240 g/mol. The second-order valence-electron chi connectivity index (χ2n) is 4.74. The summed E-state index contributed by atoms with van der Waals surface area (Å²) in [5.74, 6) is 0. The van der Waals surface area contributed by atoms with E-state index in [0.29, 0.717) is 19.7 Å². The lowest BCUT2D eigenvalue weighted by Gasteiger charge is -2.20. The van der Waals surface area contributed by atoms with Crippen LogP contribution in [0.2, 0.25) is 0 Å². The van der Waals surface area contributed by atoms with Gasteiger partial charge < -0.3 is 15.4 Å². The number of nitrogens with two attached hydrogens (primary N) is 1. The van der Waals surface area contributed by atoms with E-state index >= 15 is 0 Å². The van der Waals surface area contributed by atoms with Gasteiger partial charge in [-0.05, 0) is 16.3 Å². The fourth-order valence-electron chi connectivity index (χ4n) is 2.50. The lowest BCUT2D eigenvalue weighted by Crippen LogP contribution is -2.32. The van der Waals surface area contributed by atoms with Crippen molar-refractivity contribution >= 4 is 16.9 Å². The quantitative estimate of drug-likeness (QED) is 0.916. The Kier molecular flexibility index (Phi) is 3.09. The van der Waals surface area contributed by atoms with Crippen LogP contribution in [0.4, 0.5) is 4.79 Å². The number of nitrogens with zero attached hydrogens (tertiary/aromatic N) is 1. The number of fused-ring (bicyclic) bond motifs is 1. The van der Waals surface area contributed by atoms with Gasteiger partial charge in [0, 0.05) is 12.6 Å². The Labute approximate surface area is 111 Å². The third-order valence-electron chi connectivity index (χ3n) is 3.48. The number of carbonyl (C=O) groups excluding carboxylic acids is 1. The van der Waals surface area contributed by atoms with Gasteiger partial charge in [0.25, 0.3) is 0 Å². The van der Waals surface area contributed by atoms with Crippen molar-refractivity contribution in [2.75, 3.05) is 19.7 Å². The van der Waals surface area contributed by atoms with Crippen molar-refractivity contribution in [1.82, 2.24) is 4.90 Å². The van der Waals surface area contributed by atoms with Gasteiger partial charge in [-0.15, -0.1) is 0 Å². The van der Waals surface area contributed by atoms with Crippen LogP contribution in [0.5, 0.6) is 0 Å². The maximum atomic E-state index is 11.5. The van der Waals surface area contributed by atoms with Gasteiger partial charge in [-0.25, -0.2) is 4.79 Å². The third kappa shape index (κ3) is 2.27. The SMILES string of the molecule is NC(CN1CCOC1=O)c1cccc2ccccc12. The number of hydrogen-bond acceptors (Lipinski definition) is 3. The molecule has 0 saturated carbocycles. The van der Waals surface area contributed by atoms with Gasteiger partial charge >= 0.3 is 6.09 Å². The van der Waals surface area contributed by atoms with E-state index in [1.54, 1.807) is 4.90 Å². The number of ether oxygens (including phenoxy) is 1. The Bertz CT molecular complexity index is 607. The van der Waals surface area contributed by atoms with Crippen molar-refractivity contribution < 1.29 is 9.53 Å². The third-order valence-corrected chi connectivity index (χ3v) is 3.48. The molecule has 1 amide bonds. The molecule has 1 fully saturated rings. The molecule has 2 N–H and O–H groups in total. The van der Waals surface area contributed by atoms with E-state index in [-0.39, 0.29) is 12.1 Å². The lowest BCUT2D eigenvalue weighted by molar-refractivity contribution is 0.157. The van der Waals surface area contributed by atoms with Crippen molar-refractivity contribution in [1.29, 1.82) is 0 Å². The molecule has 0 spiro atoms. The molecule has 4 heteroatoms. The summed E-state index contributed by atoms with van der Waals surface area (Å²) in [7, 11) is 0. The van der Waals surface area contributed by atoms with Crippen molar-refractivity contribution in [2.45, 2.75) is 6.04 Å². The van der Waals surface area contributed by atoms with Crippen molar-refractivity contribution in [2.24, 2.45) is 5.73 Å². The first-order valence-electron chi connectivity index (χ1n) is 6.40.